The molecule has 1 unspecified atom stereocenters. The van der Waals surface area contributed by atoms with Gasteiger partial charge in [-0.3, -0.25) is 9.36 Å². The second kappa shape index (κ2) is 4.07. The first-order valence-electron chi connectivity index (χ1n) is 5.27. The predicted octanol–water partition coefficient (Wildman–Crippen LogP) is 0.0488. The molecule has 1 aliphatic rings. The fourth-order valence-electron chi connectivity index (χ4n) is 1.72. The number of esters is 1. The Kier molecular flexibility index (Phi) is 2.71. The normalized spacial score (nSPS) is 20.3. The van der Waals surface area contributed by atoms with Crippen LogP contribution in [0.3, 0.4) is 0 Å². The minimum atomic E-state index is -1.21. The van der Waals surface area contributed by atoms with Crippen molar-refractivity contribution in [2.75, 3.05) is 7.11 Å². The summed E-state index contributed by atoms with van der Waals surface area (Å²) in [6.07, 6.45) is 1.62. The average molecular weight is 246 g/mol. The van der Waals surface area contributed by atoms with Gasteiger partial charge in [-0.05, 0) is 6.42 Å². The van der Waals surface area contributed by atoms with E-state index in [9.17, 15) is 14.9 Å². The molecule has 0 amide bonds. The highest BCUT2D eigenvalue weighted by Gasteiger charge is 2.38. The molecule has 1 aliphatic heterocycles. The van der Waals surface area contributed by atoms with E-state index in [4.69, 9.17) is 0 Å². The van der Waals surface area contributed by atoms with E-state index in [1.165, 1.54) is 18.0 Å². The maximum atomic E-state index is 11.8. The topological polar surface area (TPSA) is 97.3 Å². The molecule has 0 saturated heterocycles. The SMILES string of the molecule is CCC1(C#N)N=Cn2c1nc(C(=O)OC)cc2=O. The predicted molar refractivity (Wildman–Crippen MR) is 61.3 cm³/mol. The van der Waals surface area contributed by atoms with Gasteiger partial charge in [-0.15, -0.1) is 0 Å². The molecule has 7 nitrogen and oxygen atoms in total. The maximum Gasteiger partial charge on any atom is 0.356 e. The Hall–Kier alpha value is -2.49. The second-order valence-electron chi connectivity index (χ2n) is 3.74. The lowest BCUT2D eigenvalue weighted by Gasteiger charge is -2.15. The molecule has 1 aromatic heterocycles. The minimum absolute atomic E-state index is 0.118. The highest BCUT2D eigenvalue weighted by atomic mass is 16.5. The lowest BCUT2D eigenvalue weighted by atomic mass is 9.98. The van der Waals surface area contributed by atoms with Crippen molar-refractivity contribution in [1.29, 1.82) is 5.26 Å². The van der Waals surface area contributed by atoms with Crippen molar-refractivity contribution in [1.82, 2.24) is 9.55 Å². The summed E-state index contributed by atoms with van der Waals surface area (Å²) >= 11 is 0. The van der Waals surface area contributed by atoms with Gasteiger partial charge >= 0.3 is 5.97 Å². The van der Waals surface area contributed by atoms with Crippen molar-refractivity contribution < 1.29 is 9.53 Å². The Morgan fingerprint density at radius 3 is 2.94 bits per heavy atom. The number of hydrogen-bond acceptors (Lipinski definition) is 6. The molecule has 0 aliphatic carbocycles. The van der Waals surface area contributed by atoms with Gasteiger partial charge in [0.25, 0.3) is 5.56 Å². The molecule has 0 saturated carbocycles. The zero-order valence-corrected chi connectivity index (χ0v) is 9.88. The van der Waals surface area contributed by atoms with E-state index in [-0.39, 0.29) is 11.5 Å². The first-order valence-corrected chi connectivity index (χ1v) is 5.27. The van der Waals surface area contributed by atoms with E-state index >= 15 is 0 Å². The summed E-state index contributed by atoms with van der Waals surface area (Å²) in [6.45, 7) is 1.76. The number of hydrogen-bond donors (Lipinski definition) is 0. The van der Waals surface area contributed by atoms with E-state index in [1.54, 1.807) is 6.92 Å². The third-order valence-corrected chi connectivity index (χ3v) is 2.81. The minimum Gasteiger partial charge on any atom is -0.464 e. The third-order valence-electron chi connectivity index (χ3n) is 2.81. The molecule has 0 bridgehead atoms. The maximum absolute atomic E-state index is 11.8. The van der Waals surface area contributed by atoms with Crippen LogP contribution in [0, 0.1) is 11.3 Å². The van der Waals surface area contributed by atoms with Crippen molar-refractivity contribution in [3.05, 3.63) is 27.9 Å². The number of rotatable bonds is 2. The lowest BCUT2D eigenvalue weighted by Crippen LogP contribution is -2.30. The van der Waals surface area contributed by atoms with Crippen LogP contribution in [-0.2, 0) is 10.3 Å². The average Bonchev–Trinajstić information content (AvgIpc) is 2.77. The van der Waals surface area contributed by atoms with E-state index in [0.717, 1.165) is 6.07 Å². The summed E-state index contributed by atoms with van der Waals surface area (Å²) in [6, 6.07) is 3.08. The molecule has 1 atom stereocenters. The van der Waals surface area contributed by atoms with Gasteiger partial charge in [-0.25, -0.2) is 14.8 Å². The van der Waals surface area contributed by atoms with Gasteiger partial charge in [-0.1, -0.05) is 6.92 Å². The van der Waals surface area contributed by atoms with E-state index in [1.807, 2.05) is 6.07 Å². The highest BCUT2D eigenvalue weighted by molar-refractivity contribution is 5.87. The van der Waals surface area contributed by atoms with Gasteiger partial charge in [-0.2, -0.15) is 5.26 Å². The van der Waals surface area contributed by atoms with Crippen LogP contribution >= 0.6 is 0 Å². The first-order chi connectivity index (χ1) is 8.57. The Bertz CT molecular complexity index is 641. The van der Waals surface area contributed by atoms with Crippen molar-refractivity contribution in [3.63, 3.8) is 0 Å². The van der Waals surface area contributed by atoms with Crippen LogP contribution in [0.5, 0.6) is 0 Å². The standard InChI is InChI=1S/C11H10N4O3/c1-3-11(5-12)10-14-7(9(17)18-2)4-8(16)15(10)6-13-11/h4,6H,3H2,1-2H3. The van der Waals surface area contributed by atoms with Crippen molar-refractivity contribution in [2.24, 2.45) is 4.99 Å². The largest absolute Gasteiger partial charge is 0.464 e. The third kappa shape index (κ3) is 1.50. The van der Waals surface area contributed by atoms with E-state index < -0.39 is 17.1 Å². The number of nitrogens with zero attached hydrogens (tertiary/aromatic N) is 4. The van der Waals surface area contributed by atoms with Gasteiger partial charge in [0.15, 0.2) is 11.5 Å². The van der Waals surface area contributed by atoms with Gasteiger partial charge in [0, 0.05) is 6.07 Å². The monoisotopic (exact) mass is 246 g/mol. The molecule has 2 heterocycles. The number of nitriles is 1. The summed E-state index contributed by atoms with van der Waals surface area (Å²) in [7, 11) is 1.20. The fraction of sp³-hybridized carbons (Fsp3) is 0.364. The van der Waals surface area contributed by atoms with Crippen LogP contribution in [0.1, 0.15) is 29.7 Å². The van der Waals surface area contributed by atoms with Crippen LogP contribution in [0.2, 0.25) is 0 Å². The number of aliphatic imine (C=N–C) groups is 1. The molecule has 7 heteroatoms. The smallest absolute Gasteiger partial charge is 0.356 e. The molecule has 0 aromatic carbocycles. The first kappa shape index (κ1) is 12.0. The lowest BCUT2D eigenvalue weighted by molar-refractivity contribution is 0.0593. The summed E-state index contributed by atoms with van der Waals surface area (Å²) in [5, 5.41) is 9.21. The number of aromatic nitrogens is 2. The molecule has 0 fully saturated rings. The number of carbonyl (C=O) groups excluding carboxylic acids is 1. The van der Waals surface area contributed by atoms with Crippen molar-refractivity contribution in [2.45, 2.75) is 18.9 Å². The Morgan fingerprint density at radius 2 is 2.39 bits per heavy atom. The highest BCUT2D eigenvalue weighted by Crippen LogP contribution is 2.29. The van der Waals surface area contributed by atoms with Crippen LogP contribution in [0.25, 0.3) is 0 Å². The summed E-state index contributed by atoms with van der Waals surface area (Å²) in [4.78, 5) is 31.2. The van der Waals surface area contributed by atoms with Gasteiger partial charge in [0.05, 0.1) is 7.11 Å². The van der Waals surface area contributed by atoms with Crippen LogP contribution in [-0.4, -0.2) is 29.0 Å². The fourth-order valence-corrected chi connectivity index (χ4v) is 1.72. The number of ether oxygens (including phenoxy) is 1. The van der Waals surface area contributed by atoms with Crippen molar-refractivity contribution in [3.8, 4) is 6.07 Å². The van der Waals surface area contributed by atoms with Crippen LogP contribution in [0.15, 0.2) is 15.9 Å². The zero-order valence-electron chi connectivity index (χ0n) is 9.88. The molecular weight excluding hydrogens is 236 g/mol. The zero-order chi connectivity index (χ0) is 13.3. The molecule has 18 heavy (non-hydrogen) atoms. The second-order valence-corrected chi connectivity index (χ2v) is 3.74. The van der Waals surface area contributed by atoms with Gasteiger partial charge in [0.1, 0.15) is 12.4 Å². The van der Waals surface area contributed by atoms with Gasteiger partial charge < -0.3 is 4.74 Å². The molecule has 2 rings (SSSR count). The Labute approximate surface area is 102 Å². The number of fused-ring (bicyclic) bond motifs is 1. The summed E-state index contributed by atoms with van der Waals surface area (Å²) in [5.41, 5.74) is -1.79. The molecule has 92 valence electrons. The molecule has 0 spiro atoms. The molecular formula is C11H10N4O3. The van der Waals surface area contributed by atoms with Crippen LogP contribution < -0.4 is 5.56 Å². The number of carbonyl (C=O) groups is 1. The summed E-state index contributed by atoms with van der Waals surface area (Å²) in [5.74, 6) is -0.564. The van der Waals surface area contributed by atoms with E-state index in [2.05, 4.69) is 14.7 Å². The summed E-state index contributed by atoms with van der Waals surface area (Å²) < 4.78 is 5.68. The van der Waals surface area contributed by atoms with Crippen molar-refractivity contribution >= 4 is 12.3 Å². The van der Waals surface area contributed by atoms with E-state index in [0.29, 0.717) is 6.42 Å². The molecule has 1 aromatic rings. The molecule has 0 radical (unpaired) electrons. The molecule has 0 N–H and O–H groups in total. The van der Waals surface area contributed by atoms with Crippen LogP contribution in [0.4, 0.5) is 0 Å². The quantitative estimate of drug-likeness (QED) is 0.686. The van der Waals surface area contributed by atoms with Gasteiger partial charge in [0.2, 0.25) is 5.54 Å². The Morgan fingerprint density at radius 1 is 1.67 bits per heavy atom. The Balaban J connectivity index is 2.69. The number of methoxy groups -OCH3 is 1.